The summed E-state index contributed by atoms with van der Waals surface area (Å²) in [5.74, 6) is 1.10. The molecule has 0 heterocycles. The third kappa shape index (κ3) is 2.28. The highest BCUT2D eigenvalue weighted by Crippen LogP contribution is 2.48. The van der Waals surface area contributed by atoms with Gasteiger partial charge in [-0.05, 0) is 58.7 Å². The van der Waals surface area contributed by atoms with Crippen LogP contribution in [0, 0.1) is 0 Å². The van der Waals surface area contributed by atoms with Crippen molar-refractivity contribution in [2.75, 3.05) is 0 Å². The average molecular weight is 322 g/mol. The first-order chi connectivity index (χ1) is 12.3. The molecule has 0 aromatic heterocycles. The normalized spacial score (nSPS) is 17.8. The van der Waals surface area contributed by atoms with Crippen molar-refractivity contribution >= 4 is 5.57 Å². The van der Waals surface area contributed by atoms with Gasteiger partial charge in [0.25, 0.3) is 0 Å². The SMILES string of the molecule is CC1=CC(CCC2c3ccccc3-c3ccccc32)c2ccccc21. The minimum absolute atomic E-state index is 0.536. The summed E-state index contributed by atoms with van der Waals surface area (Å²) in [4.78, 5) is 0. The fourth-order valence-electron chi connectivity index (χ4n) is 4.82. The van der Waals surface area contributed by atoms with Crippen LogP contribution in [0.4, 0.5) is 0 Å². The summed E-state index contributed by atoms with van der Waals surface area (Å²) < 4.78 is 0. The van der Waals surface area contributed by atoms with Gasteiger partial charge in [0.1, 0.15) is 0 Å². The van der Waals surface area contributed by atoms with E-state index in [1.54, 1.807) is 0 Å². The Morgan fingerprint density at radius 3 is 1.76 bits per heavy atom. The lowest BCUT2D eigenvalue weighted by molar-refractivity contribution is 0.633. The summed E-state index contributed by atoms with van der Waals surface area (Å²) in [6.07, 6.45) is 4.88. The number of hydrogen-bond donors (Lipinski definition) is 0. The maximum Gasteiger partial charge on any atom is 0.0102 e. The van der Waals surface area contributed by atoms with Crippen LogP contribution in [0.3, 0.4) is 0 Å². The van der Waals surface area contributed by atoms with Crippen molar-refractivity contribution < 1.29 is 0 Å². The van der Waals surface area contributed by atoms with E-state index in [-0.39, 0.29) is 0 Å². The predicted octanol–water partition coefficient (Wildman–Crippen LogP) is 6.78. The molecule has 2 aliphatic rings. The monoisotopic (exact) mass is 322 g/mol. The lowest BCUT2D eigenvalue weighted by atomic mass is 9.87. The maximum absolute atomic E-state index is 2.47. The molecule has 0 aliphatic heterocycles. The van der Waals surface area contributed by atoms with Gasteiger partial charge in [-0.3, -0.25) is 0 Å². The summed E-state index contributed by atoms with van der Waals surface area (Å²) >= 11 is 0. The molecule has 1 unspecified atom stereocenters. The van der Waals surface area contributed by atoms with Crippen LogP contribution >= 0.6 is 0 Å². The van der Waals surface area contributed by atoms with Gasteiger partial charge in [0.2, 0.25) is 0 Å². The molecule has 0 saturated carbocycles. The molecule has 1 atom stereocenters. The summed E-state index contributed by atoms with van der Waals surface area (Å²) in [7, 11) is 0. The first kappa shape index (κ1) is 14.7. The second-order valence-electron chi connectivity index (χ2n) is 7.35. The van der Waals surface area contributed by atoms with E-state index in [1.165, 1.54) is 51.8 Å². The van der Waals surface area contributed by atoms with E-state index < -0.39 is 0 Å². The van der Waals surface area contributed by atoms with Crippen molar-refractivity contribution in [1.82, 2.24) is 0 Å². The fourth-order valence-corrected chi connectivity index (χ4v) is 4.82. The predicted molar refractivity (Wildman–Crippen MR) is 106 cm³/mol. The van der Waals surface area contributed by atoms with Gasteiger partial charge in [-0.15, -0.1) is 0 Å². The number of allylic oxidation sites excluding steroid dienone is 2. The largest absolute Gasteiger partial charge is 0.0734 e. The summed E-state index contributed by atoms with van der Waals surface area (Å²) in [6.45, 7) is 2.25. The number of fused-ring (bicyclic) bond motifs is 4. The molecule has 25 heavy (non-hydrogen) atoms. The second-order valence-corrected chi connectivity index (χ2v) is 7.35. The van der Waals surface area contributed by atoms with Crippen LogP contribution in [0.2, 0.25) is 0 Å². The zero-order valence-corrected chi connectivity index (χ0v) is 14.6. The molecule has 0 saturated heterocycles. The number of hydrogen-bond acceptors (Lipinski definition) is 0. The van der Waals surface area contributed by atoms with Crippen molar-refractivity contribution in [3.8, 4) is 11.1 Å². The molecule has 0 radical (unpaired) electrons. The number of benzene rings is 3. The molecular weight excluding hydrogens is 300 g/mol. The van der Waals surface area contributed by atoms with Crippen LogP contribution in [-0.2, 0) is 0 Å². The van der Waals surface area contributed by atoms with Gasteiger partial charge in [-0.25, -0.2) is 0 Å². The molecule has 0 bridgehead atoms. The van der Waals surface area contributed by atoms with Gasteiger partial charge in [0.05, 0.1) is 0 Å². The van der Waals surface area contributed by atoms with Crippen molar-refractivity contribution in [3.05, 3.63) is 101 Å². The highest BCUT2D eigenvalue weighted by atomic mass is 14.3. The molecule has 122 valence electrons. The molecule has 2 aliphatic carbocycles. The Morgan fingerprint density at radius 2 is 1.12 bits per heavy atom. The summed E-state index contributed by atoms with van der Waals surface area (Å²) in [5, 5.41) is 0. The highest BCUT2D eigenvalue weighted by molar-refractivity contribution is 5.78. The zero-order valence-electron chi connectivity index (χ0n) is 14.6. The van der Waals surface area contributed by atoms with Crippen molar-refractivity contribution in [1.29, 1.82) is 0 Å². The minimum atomic E-state index is 0.536. The lowest BCUT2D eigenvalue weighted by Gasteiger charge is -2.17. The van der Waals surface area contributed by atoms with Crippen LogP contribution in [-0.4, -0.2) is 0 Å². The molecule has 0 N–H and O–H groups in total. The molecular formula is C25H22. The van der Waals surface area contributed by atoms with Crippen LogP contribution in [0.5, 0.6) is 0 Å². The Hall–Kier alpha value is -2.60. The van der Waals surface area contributed by atoms with E-state index in [2.05, 4.69) is 85.8 Å². The minimum Gasteiger partial charge on any atom is -0.0734 e. The third-order valence-corrected chi connectivity index (χ3v) is 5.97. The van der Waals surface area contributed by atoms with Crippen molar-refractivity contribution in [2.24, 2.45) is 0 Å². The maximum atomic E-state index is 2.47. The van der Waals surface area contributed by atoms with Crippen molar-refractivity contribution in [3.63, 3.8) is 0 Å². The quantitative estimate of drug-likeness (QED) is 0.498. The molecule has 3 aromatic rings. The first-order valence-electron chi connectivity index (χ1n) is 9.29. The molecule has 5 rings (SSSR count). The topological polar surface area (TPSA) is 0 Å². The third-order valence-electron chi connectivity index (χ3n) is 5.97. The Bertz CT molecular complexity index is 931. The molecule has 0 spiro atoms. The second kappa shape index (κ2) is 5.74. The molecule has 3 aromatic carbocycles. The average Bonchev–Trinajstić information content (AvgIpc) is 3.16. The smallest absolute Gasteiger partial charge is 0.0102 e. The Kier molecular flexibility index (Phi) is 3.38. The van der Waals surface area contributed by atoms with Gasteiger partial charge in [-0.2, -0.15) is 0 Å². The van der Waals surface area contributed by atoms with Crippen LogP contribution in [0.15, 0.2) is 78.9 Å². The summed E-state index contributed by atoms with van der Waals surface area (Å²) in [5.41, 5.74) is 10.3. The Balaban J connectivity index is 1.46. The Morgan fingerprint density at radius 1 is 0.600 bits per heavy atom. The fraction of sp³-hybridized carbons (Fsp3) is 0.200. The van der Waals surface area contributed by atoms with Gasteiger partial charge in [0.15, 0.2) is 0 Å². The standard InChI is InChI=1S/C25H22/c1-17-16-18(20-9-3-2-8-19(17)20)14-15-25-23-12-6-4-10-21(23)22-11-5-7-13-24(22)25/h2-13,16,18,25H,14-15H2,1H3. The van der Waals surface area contributed by atoms with Crippen LogP contribution in [0.25, 0.3) is 16.7 Å². The Labute approximate surface area is 149 Å². The van der Waals surface area contributed by atoms with Gasteiger partial charge in [-0.1, -0.05) is 78.9 Å². The first-order valence-corrected chi connectivity index (χ1v) is 9.29. The van der Waals surface area contributed by atoms with Crippen LogP contribution < -0.4 is 0 Å². The lowest BCUT2D eigenvalue weighted by Crippen LogP contribution is -2.01. The summed E-state index contributed by atoms with van der Waals surface area (Å²) in [6, 6.07) is 26.8. The van der Waals surface area contributed by atoms with Gasteiger partial charge in [0, 0.05) is 11.8 Å². The zero-order chi connectivity index (χ0) is 16.8. The van der Waals surface area contributed by atoms with Gasteiger partial charge < -0.3 is 0 Å². The van der Waals surface area contributed by atoms with E-state index in [0.717, 1.165) is 0 Å². The molecule has 0 nitrogen and oxygen atoms in total. The van der Waals surface area contributed by atoms with E-state index in [9.17, 15) is 0 Å². The highest BCUT2D eigenvalue weighted by Gasteiger charge is 2.29. The van der Waals surface area contributed by atoms with Gasteiger partial charge >= 0.3 is 0 Å². The molecule has 0 heteroatoms. The molecule has 0 fully saturated rings. The number of rotatable bonds is 3. The van der Waals surface area contributed by atoms with E-state index in [4.69, 9.17) is 0 Å². The van der Waals surface area contributed by atoms with E-state index >= 15 is 0 Å². The molecule has 0 amide bonds. The van der Waals surface area contributed by atoms with E-state index in [0.29, 0.717) is 11.8 Å². The van der Waals surface area contributed by atoms with E-state index in [1.807, 2.05) is 0 Å². The van der Waals surface area contributed by atoms with Crippen LogP contribution in [0.1, 0.15) is 53.9 Å². The van der Waals surface area contributed by atoms with Crippen molar-refractivity contribution in [2.45, 2.75) is 31.6 Å².